The first-order valence-corrected chi connectivity index (χ1v) is 8.78. The van der Waals surface area contributed by atoms with Crippen molar-refractivity contribution in [2.75, 3.05) is 26.2 Å². The van der Waals surface area contributed by atoms with Crippen molar-refractivity contribution in [3.63, 3.8) is 0 Å². The molecule has 0 bridgehead atoms. The minimum Gasteiger partial charge on any atom is -0.378 e. The van der Waals surface area contributed by atoms with Crippen molar-refractivity contribution in [2.24, 2.45) is 5.92 Å². The van der Waals surface area contributed by atoms with Crippen LogP contribution in [0.15, 0.2) is 0 Å². The maximum Gasteiger partial charge on any atom is 0.0588 e. The largest absolute Gasteiger partial charge is 0.378 e. The van der Waals surface area contributed by atoms with Gasteiger partial charge in [0.15, 0.2) is 0 Å². The van der Waals surface area contributed by atoms with Crippen LogP contribution in [-0.4, -0.2) is 49.3 Å². The molecule has 2 aliphatic heterocycles. The van der Waals surface area contributed by atoms with Crippen LogP contribution in [0.2, 0.25) is 0 Å². The van der Waals surface area contributed by atoms with Gasteiger partial charge in [-0.2, -0.15) is 0 Å². The van der Waals surface area contributed by atoms with Gasteiger partial charge < -0.3 is 10.1 Å². The molecule has 0 aromatic rings. The second-order valence-electron chi connectivity index (χ2n) is 7.10. The molecule has 3 nitrogen and oxygen atoms in total. The molecular weight excluding hydrogens is 248 g/mol. The lowest BCUT2D eigenvalue weighted by atomic mass is 9.97. The summed E-state index contributed by atoms with van der Waals surface area (Å²) in [6.07, 6.45) is 8.23. The minimum atomic E-state index is 0.538. The van der Waals surface area contributed by atoms with E-state index in [0.29, 0.717) is 12.1 Å². The minimum absolute atomic E-state index is 0.538. The van der Waals surface area contributed by atoms with E-state index in [1.54, 1.807) is 0 Å². The van der Waals surface area contributed by atoms with E-state index in [0.717, 1.165) is 18.6 Å². The molecule has 0 spiro atoms. The lowest BCUT2D eigenvalue weighted by Crippen LogP contribution is -2.57. The summed E-state index contributed by atoms with van der Waals surface area (Å²) in [4.78, 5) is 2.74. The molecule has 1 N–H and O–H groups in total. The van der Waals surface area contributed by atoms with Crippen molar-refractivity contribution in [1.82, 2.24) is 10.2 Å². The summed E-state index contributed by atoms with van der Waals surface area (Å²) in [6, 6.07) is 1.43. The van der Waals surface area contributed by atoms with Crippen molar-refractivity contribution < 1.29 is 4.74 Å². The number of nitrogens with zero attached hydrogens (tertiary/aromatic N) is 1. The first-order valence-electron chi connectivity index (χ1n) is 8.78. The van der Waals surface area contributed by atoms with Gasteiger partial charge in [0.05, 0.1) is 6.10 Å². The third-order valence-corrected chi connectivity index (χ3v) is 4.75. The van der Waals surface area contributed by atoms with Crippen LogP contribution < -0.4 is 5.32 Å². The SMILES string of the molecule is CCCC1CNC(CC(C)C)CN1CCC1CCCO1. The Morgan fingerprint density at radius 3 is 2.80 bits per heavy atom. The first kappa shape index (κ1) is 16.3. The van der Waals surface area contributed by atoms with Crippen LogP contribution >= 0.6 is 0 Å². The van der Waals surface area contributed by atoms with E-state index in [1.807, 2.05) is 0 Å². The molecule has 0 aromatic heterocycles. The molecule has 2 saturated heterocycles. The van der Waals surface area contributed by atoms with Crippen molar-refractivity contribution in [1.29, 1.82) is 0 Å². The number of hydrogen-bond donors (Lipinski definition) is 1. The molecule has 3 heteroatoms. The summed E-state index contributed by atoms with van der Waals surface area (Å²) in [6.45, 7) is 11.6. The summed E-state index contributed by atoms with van der Waals surface area (Å²) >= 11 is 0. The summed E-state index contributed by atoms with van der Waals surface area (Å²) in [5.41, 5.74) is 0. The van der Waals surface area contributed by atoms with Gasteiger partial charge in [-0.05, 0) is 38.0 Å². The topological polar surface area (TPSA) is 24.5 Å². The Hall–Kier alpha value is -0.120. The molecular formula is C17H34N2O. The van der Waals surface area contributed by atoms with Crippen molar-refractivity contribution in [3.8, 4) is 0 Å². The monoisotopic (exact) mass is 282 g/mol. The number of piperazine rings is 1. The Bertz CT molecular complexity index is 264. The van der Waals surface area contributed by atoms with Gasteiger partial charge in [-0.3, -0.25) is 4.90 Å². The summed E-state index contributed by atoms with van der Waals surface area (Å²) in [5, 5.41) is 3.77. The third-order valence-electron chi connectivity index (χ3n) is 4.75. The zero-order valence-electron chi connectivity index (χ0n) is 13.7. The van der Waals surface area contributed by atoms with Crippen LogP contribution in [0.25, 0.3) is 0 Å². The fourth-order valence-corrected chi connectivity index (χ4v) is 3.73. The molecule has 0 radical (unpaired) electrons. The highest BCUT2D eigenvalue weighted by atomic mass is 16.5. The van der Waals surface area contributed by atoms with Crippen LogP contribution in [-0.2, 0) is 4.74 Å². The number of hydrogen-bond acceptors (Lipinski definition) is 3. The van der Waals surface area contributed by atoms with Gasteiger partial charge in [0.2, 0.25) is 0 Å². The first-order chi connectivity index (χ1) is 9.69. The molecule has 20 heavy (non-hydrogen) atoms. The molecule has 2 fully saturated rings. The van der Waals surface area contributed by atoms with E-state index in [1.165, 1.54) is 58.2 Å². The molecule has 0 aliphatic carbocycles. The van der Waals surface area contributed by atoms with Crippen LogP contribution in [0.5, 0.6) is 0 Å². The molecule has 3 unspecified atom stereocenters. The molecule has 3 atom stereocenters. The maximum absolute atomic E-state index is 5.79. The quantitative estimate of drug-likeness (QED) is 0.777. The Morgan fingerprint density at radius 1 is 1.30 bits per heavy atom. The summed E-state index contributed by atoms with van der Waals surface area (Å²) in [7, 11) is 0. The van der Waals surface area contributed by atoms with E-state index in [2.05, 4.69) is 31.0 Å². The third kappa shape index (κ3) is 5.01. The standard InChI is InChI=1S/C17H34N2O/c1-4-6-16-12-18-15(11-14(2)3)13-19(16)9-8-17-7-5-10-20-17/h14-18H,4-13H2,1-3H3. The van der Waals surface area contributed by atoms with Gasteiger partial charge in [-0.15, -0.1) is 0 Å². The number of rotatable bonds is 7. The smallest absolute Gasteiger partial charge is 0.0588 e. The van der Waals surface area contributed by atoms with E-state index in [4.69, 9.17) is 4.74 Å². The van der Waals surface area contributed by atoms with Crippen LogP contribution in [0, 0.1) is 5.92 Å². The highest BCUT2D eigenvalue weighted by molar-refractivity contribution is 4.87. The fraction of sp³-hybridized carbons (Fsp3) is 1.00. The van der Waals surface area contributed by atoms with E-state index in [9.17, 15) is 0 Å². The van der Waals surface area contributed by atoms with E-state index in [-0.39, 0.29) is 0 Å². The molecule has 2 aliphatic rings. The molecule has 0 saturated carbocycles. The van der Waals surface area contributed by atoms with Gasteiger partial charge in [-0.1, -0.05) is 27.2 Å². The lowest BCUT2D eigenvalue weighted by molar-refractivity contribution is 0.0663. The fourth-order valence-electron chi connectivity index (χ4n) is 3.73. The van der Waals surface area contributed by atoms with Crippen LogP contribution in [0.3, 0.4) is 0 Å². The van der Waals surface area contributed by atoms with Gasteiger partial charge in [-0.25, -0.2) is 0 Å². The predicted molar refractivity (Wildman–Crippen MR) is 85.1 cm³/mol. The van der Waals surface area contributed by atoms with Crippen molar-refractivity contribution in [3.05, 3.63) is 0 Å². The van der Waals surface area contributed by atoms with Crippen molar-refractivity contribution in [2.45, 2.75) is 77.5 Å². The normalized spacial score (nSPS) is 32.1. The Kier molecular flexibility index (Phi) is 6.79. The zero-order valence-corrected chi connectivity index (χ0v) is 13.7. The number of nitrogens with one attached hydrogen (secondary N) is 1. The van der Waals surface area contributed by atoms with Gasteiger partial charge in [0.25, 0.3) is 0 Å². The highest BCUT2D eigenvalue weighted by Crippen LogP contribution is 2.20. The number of ether oxygens (including phenoxy) is 1. The highest BCUT2D eigenvalue weighted by Gasteiger charge is 2.28. The Balaban J connectivity index is 1.81. The van der Waals surface area contributed by atoms with Gasteiger partial charge >= 0.3 is 0 Å². The molecule has 118 valence electrons. The van der Waals surface area contributed by atoms with Gasteiger partial charge in [0, 0.05) is 38.3 Å². The van der Waals surface area contributed by atoms with Gasteiger partial charge in [0.1, 0.15) is 0 Å². The maximum atomic E-state index is 5.79. The van der Waals surface area contributed by atoms with Crippen molar-refractivity contribution >= 4 is 0 Å². The predicted octanol–water partition coefficient (Wildman–Crippen LogP) is 3.04. The average Bonchev–Trinajstić information content (AvgIpc) is 2.91. The zero-order chi connectivity index (χ0) is 14.4. The van der Waals surface area contributed by atoms with Crippen LogP contribution in [0.1, 0.15) is 59.3 Å². The Morgan fingerprint density at radius 2 is 2.15 bits per heavy atom. The van der Waals surface area contributed by atoms with E-state index < -0.39 is 0 Å². The molecule has 0 aromatic carbocycles. The molecule has 2 rings (SSSR count). The van der Waals surface area contributed by atoms with E-state index >= 15 is 0 Å². The molecule has 2 heterocycles. The summed E-state index contributed by atoms with van der Waals surface area (Å²) in [5.74, 6) is 0.787. The molecule has 0 amide bonds. The Labute approximate surface area is 125 Å². The second-order valence-corrected chi connectivity index (χ2v) is 7.10. The summed E-state index contributed by atoms with van der Waals surface area (Å²) < 4.78 is 5.79. The average molecular weight is 282 g/mol. The van der Waals surface area contributed by atoms with Crippen LogP contribution in [0.4, 0.5) is 0 Å². The second kappa shape index (κ2) is 8.35. The lowest BCUT2D eigenvalue weighted by Gasteiger charge is -2.41.